The summed E-state index contributed by atoms with van der Waals surface area (Å²) in [7, 11) is 0.265. The van der Waals surface area contributed by atoms with Crippen LogP contribution in [0.25, 0.3) is 11.1 Å². The number of hydrogen-bond acceptors (Lipinski definition) is 0. The van der Waals surface area contributed by atoms with Crippen LogP contribution in [-0.4, -0.2) is 12.3 Å². The molecule has 0 radical (unpaired) electrons. The van der Waals surface area contributed by atoms with Crippen molar-refractivity contribution in [3.05, 3.63) is 115 Å². The molecule has 0 aromatic heterocycles. The van der Waals surface area contributed by atoms with E-state index >= 15 is 0 Å². The smallest absolute Gasteiger partial charge is 0.0117 e. The molecule has 214 valence electrons. The Morgan fingerprint density at radius 3 is 1.44 bits per heavy atom. The fraction of sp³-hybridized carbons (Fsp3) is 0.351. The molecule has 1 saturated heterocycles. The molecule has 0 bridgehead atoms. The molecule has 0 saturated carbocycles. The van der Waals surface area contributed by atoms with Gasteiger partial charge in [-0.25, -0.2) is 0 Å². The molecule has 0 nitrogen and oxygen atoms in total. The van der Waals surface area contributed by atoms with E-state index in [2.05, 4.69) is 115 Å². The van der Waals surface area contributed by atoms with Crippen LogP contribution in [0.15, 0.2) is 115 Å². The van der Waals surface area contributed by atoms with Crippen LogP contribution in [0.1, 0.15) is 70.6 Å². The highest BCUT2D eigenvalue weighted by atomic mass is 32.6. The summed E-state index contributed by atoms with van der Waals surface area (Å²) in [6, 6.07) is 44.2. The third-order valence-corrected chi connectivity index (χ3v) is 29.2. The lowest BCUT2D eigenvalue weighted by Gasteiger charge is -2.36. The molecule has 4 unspecified atom stereocenters. The third kappa shape index (κ3) is 9.55. The molecule has 1 fully saturated rings. The Kier molecular flexibility index (Phi) is 13.4. The second-order valence-corrected chi connectivity index (χ2v) is 25.3. The first-order chi connectivity index (χ1) is 20.4. The molecule has 0 spiro atoms. The predicted molar refractivity (Wildman–Crippen MR) is 193 cm³/mol. The summed E-state index contributed by atoms with van der Waals surface area (Å²) < 4.78 is 0. The summed E-state index contributed by atoms with van der Waals surface area (Å²) in [5.41, 5.74) is 2.66. The van der Waals surface area contributed by atoms with Crippen molar-refractivity contribution in [2.24, 2.45) is 0 Å². The summed E-state index contributed by atoms with van der Waals surface area (Å²) in [6.45, 7) is 0. The topological polar surface area (TPSA) is 0 Å². The minimum Gasteiger partial charge on any atom is -0.0862 e. The van der Waals surface area contributed by atoms with Gasteiger partial charge >= 0.3 is 0 Å². The van der Waals surface area contributed by atoms with Crippen LogP contribution in [0.3, 0.4) is 0 Å². The van der Waals surface area contributed by atoms with Crippen LogP contribution < -0.4 is 15.9 Å². The van der Waals surface area contributed by atoms with Gasteiger partial charge in [0.05, 0.1) is 0 Å². The van der Waals surface area contributed by atoms with Crippen LogP contribution in [0, 0.1) is 0 Å². The van der Waals surface area contributed by atoms with E-state index in [0.29, 0.717) is 0 Å². The number of benzene rings is 4. The van der Waals surface area contributed by atoms with Gasteiger partial charge in [0.1, 0.15) is 0 Å². The highest BCUT2D eigenvalue weighted by Gasteiger charge is 2.32. The Balaban J connectivity index is 1.52. The van der Waals surface area contributed by atoms with E-state index in [0.717, 1.165) is 8.27 Å². The van der Waals surface area contributed by atoms with Crippen LogP contribution in [0.4, 0.5) is 0 Å². The molecule has 1 aliphatic heterocycles. The van der Waals surface area contributed by atoms with Crippen molar-refractivity contribution in [1.82, 2.24) is 0 Å². The van der Waals surface area contributed by atoms with Crippen molar-refractivity contribution in [2.75, 3.05) is 12.3 Å². The molecule has 4 aromatic rings. The molecule has 4 aromatic carbocycles. The lowest BCUT2D eigenvalue weighted by atomic mass is 10.1. The maximum atomic E-state index is 2.51. The van der Waals surface area contributed by atoms with E-state index in [9.17, 15) is 0 Å². The highest BCUT2D eigenvalue weighted by Crippen LogP contribution is 2.90. The quantitative estimate of drug-likeness (QED) is 0.201. The summed E-state index contributed by atoms with van der Waals surface area (Å²) >= 11 is 0. The van der Waals surface area contributed by atoms with E-state index in [-0.39, 0.29) is 22.2 Å². The van der Waals surface area contributed by atoms with Gasteiger partial charge in [0.25, 0.3) is 0 Å². The normalized spacial score (nSPS) is 22.6. The molecule has 4 heteroatoms. The average molecular weight is 615 g/mol. The molecule has 1 aliphatic rings. The van der Waals surface area contributed by atoms with E-state index in [1.165, 1.54) is 94.1 Å². The molecule has 4 atom stereocenters. The average Bonchev–Trinajstić information content (AvgIpc) is 3.04. The second kappa shape index (κ2) is 17.7. The van der Waals surface area contributed by atoms with E-state index in [1.807, 2.05) is 0 Å². The van der Waals surface area contributed by atoms with Gasteiger partial charge in [-0.05, 0) is 74.4 Å². The zero-order valence-corrected chi connectivity index (χ0v) is 28.2. The third-order valence-electron chi connectivity index (χ3n) is 7.99. The van der Waals surface area contributed by atoms with Crippen molar-refractivity contribution < 1.29 is 0 Å². The zero-order valence-electron chi connectivity index (χ0n) is 24.5. The summed E-state index contributed by atoms with van der Waals surface area (Å²) in [5, 5.41) is 4.91. The first kappa shape index (κ1) is 31.0. The van der Waals surface area contributed by atoms with Crippen molar-refractivity contribution in [2.45, 2.75) is 70.6 Å². The van der Waals surface area contributed by atoms with Crippen molar-refractivity contribution in [1.29, 1.82) is 0 Å². The molecular weight excluding hydrogens is 568 g/mol. The fourth-order valence-electron chi connectivity index (χ4n) is 5.71. The zero-order chi connectivity index (χ0) is 28.0. The Hall–Kier alpha value is -1.40. The van der Waals surface area contributed by atoms with Gasteiger partial charge in [0, 0.05) is 0 Å². The first-order valence-corrected chi connectivity index (χ1v) is 23.4. The summed E-state index contributed by atoms with van der Waals surface area (Å²) in [6.07, 6.45) is 18.4. The van der Waals surface area contributed by atoms with Gasteiger partial charge in [-0.2, -0.15) is 0 Å². The SMILES string of the molecule is c1ccc(-c2ccc(P3CCCCCCCCCCCCCPP(c4ccccc4)P3c3ccccc3)cc2)cc1. The molecule has 1 heterocycles. The lowest BCUT2D eigenvalue weighted by molar-refractivity contribution is 0.555. The van der Waals surface area contributed by atoms with Crippen LogP contribution in [-0.2, 0) is 0 Å². The second-order valence-electron chi connectivity index (χ2n) is 11.1. The fourth-order valence-corrected chi connectivity index (χ4v) is 31.1. The van der Waals surface area contributed by atoms with Gasteiger partial charge in [-0.15, -0.1) is 0 Å². The van der Waals surface area contributed by atoms with Crippen LogP contribution in [0.5, 0.6) is 0 Å². The Morgan fingerprint density at radius 2 is 0.854 bits per heavy atom. The van der Waals surface area contributed by atoms with Crippen molar-refractivity contribution in [3.8, 4) is 11.1 Å². The maximum Gasteiger partial charge on any atom is -0.0117 e. The minimum atomic E-state index is -0.294. The predicted octanol–water partition coefficient (Wildman–Crippen LogP) is 11.8. The first-order valence-electron chi connectivity index (χ1n) is 15.8. The molecule has 41 heavy (non-hydrogen) atoms. The van der Waals surface area contributed by atoms with E-state index in [4.69, 9.17) is 0 Å². The number of rotatable bonds is 4. The van der Waals surface area contributed by atoms with E-state index in [1.54, 1.807) is 15.9 Å². The van der Waals surface area contributed by atoms with Crippen molar-refractivity contribution >= 4 is 46.4 Å². The van der Waals surface area contributed by atoms with Gasteiger partial charge in [0.2, 0.25) is 0 Å². The van der Waals surface area contributed by atoms with E-state index < -0.39 is 0 Å². The molecule has 0 amide bonds. The largest absolute Gasteiger partial charge is 0.0862 e. The van der Waals surface area contributed by atoms with Gasteiger partial charge < -0.3 is 0 Å². The Labute approximate surface area is 254 Å². The number of hydrogen-bond donors (Lipinski definition) is 0. The molecule has 5 rings (SSSR count). The van der Waals surface area contributed by atoms with Crippen molar-refractivity contribution in [3.63, 3.8) is 0 Å². The maximum absolute atomic E-state index is 2.51. The molecule has 0 N–H and O–H groups in total. The van der Waals surface area contributed by atoms with Gasteiger partial charge in [-0.1, -0.05) is 181 Å². The summed E-state index contributed by atoms with van der Waals surface area (Å²) in [5.74, 6) is 0. The Bertz CT molecular complexity index is 1240. The summed E-state index contributed by atoms with van der Waals surface area (Å²) in [4.78, 5) is 0. The van der Waals surface area contributed by atoms with Crippen LogP contribution in [0.2, 0.25) is 0 Å². The Morgan fingerprint density at radius 1 is 0.390 bits per heavy atom. The molecular formula is C37H46P4. The molecule has 0 aliphatic carbocycles. The monoisotopic (exact) mass is 614 g/mol. The van der Waals surface area contributed by atoms with Gasteiger partial charge in [-0.3, -0.25) is 0 Å². The standard InChI is InChI=1S/C37H46P4/c1-2-4-6-8-19-31-38-40(36-23-15-11-16-24-36)41(37-25-17-12-18-26-37)39(32-20-9-7-5-3-1)35-29-27-34(28-30-35)33-21-13-10-14-22-33/h10-18,21-30,38H,1-9,19-20,31-32H2. The lowest BCUT2D eigenvalue weighted by Crippen LogP contribution is -2.10. The van der Waals surface area contributed by atoms with Crippen LogP contribution >= 0.6 is 30.5 Å². The minimum absolute atomic E-state index is 0.225. The van der Waals surface area contributed by atoms with Gasteiger partial charge in [0.15, 0.2) is 0 Å². The highest BCUT2D eigenvalue weighted by molar-refractivity contribution is 8.78.